The van der Waals surface area contributed by atoms with E-state index >= 15 is 0 Å². The second-order valence-corrected chi connectivity index (χ2v) is 12.9. The number of carbonyl (C=O) groups is 3. The van der Waals surface area contributed by atoms with Crippen LogP contribution in [0.2, 0.25) is 0 Å². The molecular weight excluding hydrogens is 530 g/mol. The molecule has 0 spiro atoms. The third-order valence-electron chi connectivity index (χ3n) is 9.29. The molecule has 10 heteroatoms. The fraction of sp³-hybridized carbons (Fsp3) is 0.839. The minimum absolute atomic E-state index is 0.0707. The van der Waals surface area contributed by atoms with Gasteiger partial charge in [0.05, 0.1) is 30.8 Å². The van der Waals surface area contributed by atoms with E-state index in [9.17, 15) is 24.6 Å². The highest BCUT2D eigenvalue weighted by atomic mass is 16.7. The van der Waals surface area contributed by atoms with Gasteiger partial charge in [0.15, 0.2) is 12.1 Å². The molecule has 2 fully saturated rings. The molecule has 3 aliphatic rings. The number of cyclic esters (lactones) is 1. The van der Waals surface area contributed by atoms with Gasteiger partial charge >= 0.3 is 5.97 Å². The average Bonchev–Trinajstić information content (AvgIpc) is 3.60. The van der Waals surface area contributed by atoms with Gasteiger partial charge in [-0.25, -0.2) is 0 Å². The van der Waals surface area contributed by atoms with E-state index in [2.05, 4.69) is 0 Å². The lowest BCUT2D eigenvalue weighted by molar-refractivity contribution is -0.283. The van der Waals surface area contributed by atoms with Crippen LogP contribution in [-0.2, 0) is 33.3 Å². The number of likely N-dealkylation sites (N-methyl/N-ethyl adjacent to an activating group) is 1. The average molecular weight is 582 g/mol. The van der Waals surface area contributed by atoms with E-state index in [-0.39, 0.29) is 42.8 Å². The summed E-state index contributed by atoms with van der Waals surface area (Å²) in [6.45, 7) is 11.3. The summed E-state index contributed by atoms with van der Waals surface area (Å²) in [5.41, 5.74) is -0.637. The van der Waals surface area contributed by atoms with Crippen LogP contribution in [0.15, 0.2) is 12.2 Å². The lowest BCUT2D eigenvalue weighted by Gasteiger charge is -2.44. The molecule has 0 saturated carbocycles. The number of epoxide rings is 1. The summed E-state index contributed by atoms with van der Waals surface area (Å²) in [5.74, 6) is -2.32. The first-order chi connectivity index (χ1) is 19.2. The van der Waals surface area contributed by atoms with Crippen LogP contribution in [0.4, 0.5) is 0 Å². The fourth-order valence-corrected chi connectivity index (χ4v) is 6.50. The van der Waals surface area contributed by atoms with Crippen LogP contribution in [-0.4, -0.2) is 102 Å². The van der Waals surface area contributed by atoms with Gasteiger partial charge < -0.3 is 38.9 Å². The van der Waals surface area contributed by atoms with Crippen LogP contribution in [0.3, 0.4) is 0 Å². The zero-order chi connectivity index (χ0) is 30.6. The summed E-state index contributed by atoms with van der Waals surface area (Å²) in [4.78, 5) is 40.0. The molecular formula is C31H51NO9. The summed E-state index contributed by atoms with van der Waals surface area (Å²) >= 11 is 0. The number of ketones is 1. The van der Waals surface area contributed by atoms with E-state index in [0.717, 1.165) is 6.29 Å². The first-order valence-corrected chi connectivity index (χ1v) is 15.1. The highest BCUT2D eigenvalue weighted by Gasteiger charge is 2.55. The Labute approximate surface area is 244 Å². The van der Waals surface area contributed by atoms with Gasteiger partial charge in [-0.05, 0) is 65.3 Å². The minimum atomic E-state index is -1.15. The molecule has 2 N–H and O–H groups in total. The van der Waals surface area contributed by atoms with Crippen molar-refractivity contribution in [2.45, 2.75) is 128 Å². The van der Waals surface area contributed by atoms with Crippen LogP contribution in [0.5, 0.6) is 0 Å². The molecule has 13 atom stereocenters. The number of esters is 1. The summed E-state index contributed by atoms with van der Waals surface area (Å²) in [6, 6.07) is -0.219. The number of ether oxygens (including phenoxy) is 4. The van der Waals surface area contributed by atoms with Gasteiger partial charge in [0.2, 0.25) is 0 Å². The predicted octanol–water partition coefficient (Wildman–Crippen LogP) is 2.67. The molecule has 0 bridgehead atoms. The van der Waals surface area contributed by atoms with Crippen LogP contribution in [0.25, 0.3) is 0 Å². The Morgan fingerprint density at radius 3 is 2.41 bits per heavy atom. The molecule has 2 saturated heterocycles. The number of fused-ring (bicyclic) bond motifs is 1. The quantitative estimate of drug-likeness (QED) is 0.274. The van der Waals surface area contributed by atoms with Gasteiger partial charge in [0.25, 0.3) is 0 Å². The molecule has 41 heavy (non-hydrogen) atoms. The molecule has 234 valence electrons. The maximum absolute atomic E-state index is 13.2. The van der Waals surface area contributed by atoms with Crippen LogP contribution < -0.4 is 0 Å². The van der Waals surface area contributed by atoms with Gasteiger partial charge in [0, 0.05) is 30.2 Å². The number of aliphatic hydroxyl groups excluding tert-OH is 2. The maximum atomic E-state index is 13.2. The van der Waals surface area contributed by atoms with Gasteiger partial charge in [-0.1, -0.05) is 27.7 Å². The van der Waals surface area contributed by atoms with Crippen molar-refractivity contribution in [3.8, 4) is 0 Å². The van der Waals surface area contributed by atoms with Crippen molar-refractivity contribution in [1.82, 2.24) is 4.90 Å². The minimum Gasteiger partial charge on any atom is -0.462 e. The monoisotopic (exact) mass is 581 g/mol. The summed E-state index contributed by atoms with van der Waals surface area (Å²) < 4.78 is 24.2. The largest absolute Gasteiger partial charge is 0.462 e. The maximum Gasteiger partial charge on any atom is 0.308 e. The molecule has 0 aromatic heterocycles. The first-order valence-electron chi connectivity index (χ1n) is 15.1. The third kappa shape index (κ3) is 8.24. The second-order valence-electron chi connectivity index (χ2n) is 12.9. The van der Waals surface area contributed by atoms with E-state index in [0.29, 0.717) is 19.3 Å². The van der Waals surface area contributed by atoms with E-state index < -0.39 is 60.0 Å². The number of aliphatic hydroxyl groups is 2. The van der Waals surface area contributed by atoms with Gasteiger partial charge in [-0.3, -0.25) is 9.59 Å². The second kappa shape index (κ2) is 14.2. The molecule has 0 aliphatic carbocycles. The zero-order valence-electron chi connectivity index (χ0n) is 25.9. The van der Waals surface area contributed by atoms with Crippen molar-refractivity contribution >= 4 is 18.0 Å². The van der Waals surface area contributed by atoms with Crippen molar-refractivity contribution in [2.75, 3.05) is 14.1 Å². The summed E-state index contributed by atoms with van der Waals surface area (Å²) in [6.07, 6.45) is 0.627. The van der Waals surface area contributed by atoms with Gasteiger partial charge in [-0.15, -0.1) is 0 Å². The number of aldehydes is 1. The summed E-state index contributed by atoms with van der Waals surface area (Å²) in [7, 11) is 3.76. The normalized spacial score (nSPS) is 45.5. The SMILES string of the molecule is CCC1OC(=O)C[C@@H](O)[C@H](C)C(O[C@@H]2O[C@H](C)C[C@H](N(C)C)[C@H]2O)[C@@H](CC=O)C[C@@H](C)C(=O)/C=C/[C@]2(C)O[C@H]2[C@@H]1C. The van der Waals surface area contributed by atoms with Crippen LogP contribution >= 0.6 is 0 Å². The smallest absolute Gasteiger partial charge is 0.308 e. The van der Waals surface area contributed by atoms with Crippen molar-refractivity contribution in [3.63, 3.8) is 0 Å². The van der Waals surface area contributed by atoms with Crippen LogP contribution in [0.1, 0.15) is 73.6 Å². The van der Waals surface area contributed by atoms with Crippen LogP contribution in [0, 0.1) is 23.7 Å². The number of carbonyl (C=O) groups excluding carboxylic acids is 3. The molecule has 2 unspecified atom stereocenters. The number of allylic oxidation sites excluding steroid dienone is 1. The Bertz CT molecular complexity index is 941. The highest BCUT2D eigenvalue weighted by molar-refractivity contribution is 5.91. The molecule has 0 aromatic rings. The van der Waals surface area contributed by atoms with Gasteiger partial charge in [-0.2, -0.15) is 0 Å². The Hall–Kier alpha value is -1.69. The lowest BCUT2D eigenvalue weighted by atomic mass is 9.79. The zero-order valence-corrected chi connectivity index (χ0v) is 25.9. The van der Waals surface area contributed by atoms with Crippen molar-refractivity contribution in [1.29, 1.82) is 0 Å². The Kier molecular flexibility index (Phi) is 11.7. The standard InChI is InChI=1S/C31H51NO9/c1-9-25-20(5)29-31(6,41-29)12-10-23(34)17(2)14-21(11-13-33)28(19(4)24(35)16-26(36)39-25)40-30-27(37)22(32(7)8)15-18(3)38-30/h10,12-13,17-22,24-25,27-30,35,37H,9,11,14-16H2,1-8H3/b12-10+/t17-,18-,19+,20-,21+,22+,24-,25?,27-,28?,29+,30+,31+/m1/s1. The van der Waals surface area contributed by atoms with Crippen molar-refractivity contribution in [3.05, 3.63) is 12.2 Å². The van der Waals surface area contributed by atoms with E-state index in [4.69, 9.17) is 18.9 Å². The Morgan fingerprint density at radius 1 is 1.12 bits per heavy atom. The predicted molar refractivity (Wildman–Crippen MR) is 152 cm³/mol. The topological polar surface area (TPSA) is 135 Å². The molecule has 0 aromatic carbocycles. The number of rotatable bonds is 6. The van der Waals surface area contributed by atoms with Gasteiger partial charge in [0.1, 0.15) is 24.1 Å². The number of nitrogens with zero attached hydrogens (tertiary/aromatic N) is 1. The first kappa shape index (κ1) is 33.8. The molecule has 3 rings (SSSR count). The molecule has 10 nitrogen and oxygen atoms in total. The Morgan fingerprint density at radius 2 is 1.80 bits per heavy atom. The summed E-state index contributed by atoms with van der Waals surface area (Å²) in [5, 5.41) is 22.4. The fourth-order valence-electron chi connectivity index (χ4n) is 6.50. The molecule has 3 aliphatic heterocycles. The number of hydrogen-bond donors (Lipinski definition) is 2. The molecule has 0 amide bonds. The van der Waals surface area contributed by atoms with E-state index in [1.54, 1.807) is 19.1 Å². The highest BCUT2D eigenvalue weighted by Crippen LogP contribution is 2.45. The third-order valence-corrected chi connectivity index (χ3v) is 9.29. The van der Waals surface area contributed by atoms with E-state index in [1.807, 2.05) is 53.6 Å². The molecule has 3 heterocycles. The molecule has 0 radical (unpaired) electrons. The van der Waals surface area contributed by atoms with Crippen molar-refractivity contribution in [2.24, 2.45) is 23.7 Å². The lowest BCUT2D eigenvalue weighted by Crippen LogP contribution is -2.56. The van der Waals surface area contributed by atoms with E-state index in [1.165, 1.54) is 0 Å². The number of hydrogen-bond acceptors (Lipinski definition) is 10. The Balaban J connectivity index is 1.95. The van der Waals surface area contributed by atoms with Crippen molar-refractivity contribution < 1.29 is 43.5 Å².